The van der Waals surface area contributed by atoms with Crippen LogP contribution in [0.25, 0.3) is 53.2 Å². The first-order valence-corrected chi connectivity index (χ1v) is 11.5. The minimum Gasteiger partial charge on any atom is -0.460 e. The molecule has 0 aliphatic heterocycles. The Labute approximate surface area is 185 Å². The molecule has 0 aliphatic carbocycles. The van der Waals surface area contributed by atoms with E-state index >= 15 is 0 Å². The van der Waals surface area contributed by atoms with Crippen molar-refractivity contribution in [1.29, 1.82) is 0 Å². The number of nitrogens with zero attached hydrogens (tertiary/aromatic N) is 1. The topological polar surface area (TPSA) is 26.0 Å². The molecule has 0 aliphatic rings. The van der Waals surface area contributed by atoms with E-state index in [1.54, 1.807) is 11.3 Å². The van der Waals surface area contributed by atoms with Crippen LogP contribution in [-0.4, -0.2) is 4.98 Å². The lowest BCUT2D eigenvalue weighted by atomic mass is 9.82. The van der Waals surface area contributed by atoms with E-state index in [0.29, 0.717) is 0 Å². The predicted octanol–water partition coefficient (Wildman–Crippen LogP) is 8.62. The van der Waals surface area contributed by atoms with Gasteiger partial charge in [0.05, 0.1) is 10.4 Å². The Morgan fingerprint density at radius 2 is 1.71 bits per heavy atom. The van der Waals surface area contributed by atoms with Gasteiger partial charge in [-0.2, -0.15) is 0 Å². The molecule has 6 aromatic rings. The molecule has 0 saturated carbocycles. The van der Waals surface area contributed by atoms with Crippen LogP contribution in [0.3, 0.4) is 0 Å². The van der Waals surface area contributed by atoms with E-state index in [2.05, 4.69) is 81.4 Å². The summed E-state index contributed by atoms with van der Waals surface area (Å²) >= 11 is 1.79. The van der Waals surface area contributed by atoms with Crippen molar-refractivity contribution in [3.63, 3.8) is 0 Å². The number of aryl methyl sites for hydroxylation is 1. The maximum atomic E-state index is 6.07. The highest BCUT2D eigenvalue weighted by Gasteiger charge is 2.21. The highest BCUT2D eigenvalue weighted by atomic mass is 32.1. The summed E-state index contributed by atoms with van der Waals surface area (Å²) in [5.74, 6) is 0.947. The maximum Gasteiger partial charge on any atom is 0.152 e. The molecule has 152 valence electrons. The molecule has 2 nitrogen and oxygen atoms in total. The van der Waals surface area contributed by atoms with E-state index in [-0.39, 0.29) is 5.41 Å². The Kier molecular flexibility index (Phi) is 3.85. The fraction of sp³-hybridized carbons (Fsp3) is 0.179. The Morgan fingerprint density at radius 3 is 2.55 bits per heavy atom. The van der Waals surface area contributed by atoms with Gasteiger partial charge in [0.2, 0.25) is 0 Å². The normalized spacial score (nSPS) is 12.5. The van der Waals surface area contributed by atoms with Crippen molar-refractivity contribution in [1.82, 2.24) is 4.98 Å². The van der Waals surface area contributed by atoms with Crippen LogP contribution in [0.15, 0.2) is 71.3 Å². The van der Waals surface area contributed by atoms with Crippen molar-refractivity contribution in [3.05, 3.63) is 78.2 Å². The molecule has 31 heavy (non-hydrogen) atoms. The van der Waals surface area contributed by atoms with E-state index in [9.17, 15) is 0 Å². The fourth-order valence-electron chi connectivity index (χ4n) is 4.69. The number of pyridine rings is 1. The Hall–Kier alpha value is -3.17. The Morgan fingerprint density at radius 1 is 0.871 bits per heavy atom. The molecular weight excluding hydrogens is 398 g/mol. The van der Waals surface area contributed by atoms with Crippen LogP contribution >= 0.6 is 11.3 Å². The first kappa shape index (κ1) is 18.6. The number of rotatable bonds is 1. The van der Waals surface area contributed by atoms with Gasteiger partial charge in [0.1, 0.15) is 5.76 Å². The third kappa shape index (κ3) is 2.80. The smallest absolute Gasteiger partial charge is 0.152 e. The summed E-state index contributed by atoms with van der Waals surface area (Å²) in [6.45, 7) is 8.85. The Balaban J connectivity index is 1.72. The van der Waals surface area contributed by atoms with Crippen molar-refractivity contribution in [2.75, 3.05) is 0 Å². The second-order valence-corrected chi connectivity index (χ2v) is 10.4. The van der Waals surface area contributed by atoms with Crippen LogP contribution in [0.1, 0.15) is 32.1 Å². The van der Waals surface area contributed by atoms with E-state index in [1.807, 2.05) is 13.1 Å². The van der Waals surface area contributed by atoms with Crippen LogP contribution in [0.4, 0.5) is 0 Å². The predicted molar refractivity (Wildman–Crippen MR) is 133 cm³/mol. The number of hydrogen-bond donors (Lipinski definition) is 0. The third-order valence-corrected chi connectivity index (χ3v) is 7.27. The number of fused-ring (bicyclic) bond motifs is 6. The molecule has 0 radical (unpaired) electrons. The number of aromatic nitrogens is 1. The van der Waals surface area contributed by atoms with Gasteiger partial charge in [-0.05, 0) is 52.9 Å². The fourth-order valence-corrected chi connectivity index (χ4v) is 5.88. The lowest BCUT2D eigenvalue weighted by molar-refractivity contribution is 0.582. The minimum absolute atomic E-state index is 0.0398. The van der Waals surface area contributed by atoms with Gasteiger partial charge in [0, 0.05) is 32.6 Å². The summed E-state index contributed by atoms with van der Waals surface area (Å²) < 4.78 is 8.51. The molecule has 0 atom stereocenters. The number of benzene rings is 3. The van der Waals surface area contributed by atoms with Crippen LogP contribution < -0.4 is 0 Å². The Bertz CT molecular complexity index is 1630. The van der Waals surface area contributed by atoms with E-state index in [0.717, 1.165) is 22.4 Å². The number of furan rings is 1. The maximum absolute atomic E-state index is 6.07. The molecular formula is C28H23NOS. The van der Waals surface area contributed by atoms with Crippen molar-refractivity contribution >= 4 is 53.3 Å². The van der Waals surface area contributed by atoms with Gasteiger partial charge in [0.15, 0.2) is 5.58 Å². The van der Waals surface area contributed by atoms with Gasteiger partial charge in [-0.3, -0.25) is 4.98 Å². The van der Waals surface area contributed by atoms with Crippen molar-refractivity contribution in [3.8, 4) is 11.3 Å². The molecule has 3 heterocycles. The molecule has 0 amide bonds. The summed E-state index contributed by atoms with van der Waals surface area (Å²) in [6, 6.07) is 21.9. The standard InChI is InChI=1S/C28H23NOS/c1-16-13-18-9-10-21-24-23(31-27(21)26(18)30-16)11-12-29-25(24)19-14-17-7-5-6-8-20(17)22(15-19)28(2,3)4/h5-15H,1-4H3. The van der Waals surface area contributed by atoms with Crippen LogP contribution in [0.5, 0.6) is 0 Å². The minimum atomic E-state index is 0.0398. The second kappa shape index (κ2) is 6.41. The van der Waals surface area contributed by atoms with E-state index < -0.39 is 0 Å². The second-order valence-electron chi connectivity index (χ2n) is 9.35. The first-order chi connectivity index (χ1) is 14.9. The van der Waals surface area contributed by atoms with Crippen LogP contribution in [0, 0.1) is 6.92 Å². The lowest BCUT2D eigenvalue weighted by Crippen LogP contribution is -2.12. The zero-order valence-corrected chi connectivity index (χ0v) is 18.9. The quantitative estimate of drug-likeness (QED) is 0.265. The molecule has 6 rings (SSSR count). The summed E-state index contributed by atoms with van der Waals surface area (Å²) in [4.78, 5) is 4.89. The highest BCUT2D eigenvalue weighted by Crippen LogP contribution is 2.43. The average Bonchev–Trinajstić information content (AvgIpc) is 3.31. The van der Waals surface area contributed by atoms with Crippen molar-refractivity contribution in [2.24, 2.45) is 0 Å². The molecule has 0 unspecified atom stereocenters. The summed E-state index contributed by atoms with van der Waals surface area (Å²) in [5.41, 5.74) is 4.59. The van der Waals surface area contributed by atoms with Crippen molar-refractivity contribution < 1.29 is 4.42 Å². The first-order valence-electron chi connectivity index (χ1n) is 10.6. The molecule has 3 heteroatoms. The van der Waals surface area contributed by atoms with Crippen LogP contribution in [-0.2, 0) is 5.41 Å². The van der Waals surface area contributed by atoms with Gasteiger partial charge in [-0.1, -0.05) is 57.2 Å². The monoisotopic (exact) mass is 421 g/mol. The lowest BCUT2D eigenvalue weighted by Gasteiger charge is -2.23. The molecule has 0 bridgehead atoms. The molecule has 0 spiro atoms. The molecule has 3 aromatic heterocycles. The summed E-state index contributed by atoms with van der Waals surface area (Å²) in [5, 5.41) is 6.16. The molecule has 0 fully saturated rings. The van der Waals surface area contributed by atoms with Gasteiger partial charge >= 0.3 is 0 Å². The van der Waals surface area contributed by atoms with Gasteiger partial charge < -0.3 is 4.42 Å². The zero-order chi connectivity index (χ0) is 21.3. The average molecular weight is 422 g/mol. The van der Waals surface area contributed by atoms with Crippen molar-refractivity contribution in [2.45, 2.75) is 33.1 Å². The third-order valence-electron chi connectivity index (χ3n) is 6.10. The highest BCUT2D eigenvalue weighted by molar-refractivity contribution is 7.26. The van der Waals surface area contributed by atoms with Gasteiger partial charge in [0.25, 0.3) is 0 Å². The molecule has 0 N–H and O–H groups in total. The van der Waals surface area contributed by atoms with E-state index in [1.165, 1.54) is 42.1 Å². The van der Waals surface area contributed by atoms with E-state index in [4.69, 9.17) is 9.40 Å². The molecule has 3 aromatic carbocycles. The largest absolute Gasteiger partial charge is 0.460 e. The summed E-state index contributed by atoms with van der Waals surface area (Å²) in [7, 11) is 0. The number of thiophene rings is 1. The summed E-state index contributed by atoms with van der Waals surface area (Å²) in [6.07, 6.45) is 1.93. The zero-order valence-electron chi connectivity index (χ0n) is 18.1. The number of hydrogen-bond acceptors (Lipinski definition) is 3. The van der Waals surface area contributed by atoms with Gasteiger partial charge in [-0.25, -0.2) is 0 Å². The SMILES string of the molecule is Cc1cc2ccc3c(sc4ccnc(-c5cc(C(C)(C)C)c6ccccc6c5)c43)c2o1. The molecule has 0 saturated heterocycles. The van der Waals surface area contributed by atoms with Gasteiger partial charge in [-0.15, -0.1) is 11.3 Å². The van der Waals surface area contributed by atoms with Crippen LogP contribution in [0.2, 0.25) is 0 Å².